The Bertz CT molecular complexity index is 906. The number of carbonyl (C=O) groups excluding carboxylic acids is 2. The first-order valence-corrected chi connectivity index (χ1v) is 9.31. The number of amides is 2. The van der Waals surface area contributed by atoms with E-state index in [0.29, 0.717) is 5.69 Å². The van der Waals surface area contributed by atoms with Gasteiger partial charge >= 0.3 is 0 Å². The molecule has 2 aromatic carbocycles. The van der Waals surface area contributed by atoms with E-state index >= 15 is 0 Å². The maximum absolute atomic E-state index is 12.1. The Hall–Kier alpha value is -2.71. The quantitative estimate of drug-likeness (QED) is 0.802. The molecule has 0 fully saturated rings. The van der Waals surface area contributed by atoms with Gasteiger partial charge in [-0.1, -0.05) is 12.1 Å². The number of nitrogens with one attached hydrogen (secondary N) is 2. The number of rotatable bonds is 6. The Morgan fingerprint density at radius 1 is 1.04 bits per heavy atom. The standard InChI is InChI=1S/C18H21N3O4S/c1-13-5-4-6-15(11-13)20-17(22)12-19-18(23)14-7-9-16(10-8-14)26(24,25)21(2)3/h4-11H,12H2,1-3H3,(H,19,23)(H,20,22). The first-order valence-electron chi connectivity index (χ1n) is 7.87. The minimum absolute atomic E-state index is 0.0937. The lowest BCUT2D eigenvalue weighted by Crippen LogP contribution is -2.32. The minimum atomic E-state index is -3.55. The largest absolute Gasteiger partial charge is 0.343 e. The second kappa shape index (κ2) is 8.11. The molecule has 2 N–H and O–H groups in total. The summed E-state index contributed by atoms with van der Waals surface area (Å²) >= 11 is 0. The number of aryl methyl sites for hydroxylation is 1. The van der Waals surface area contributed by atoms with Gasteiger partial charge in [0, 0.05) is 25.3 Å². The van der Waals surface area contributed by atoms with Gasteiger partial charge in [0.15, 0.2) is 0 Å². The molecular formula is C18H21N3O4S. The fourth-order valence-corrected chi connectivity index (χ4v) is 3.08. The third-order valence-corrected chi connectivity index (χ3v) is 5.44. The summed E-state index contributed by atoms with van der Waals surface area (Å²) in [7, 11) is -0.679. The van der Waals surface area contributed by atoms with Crippen LogP contribution in [0, 0.1) is 6.92 Å². The summed E-state index contributed by atoms with van der Waals surface area (Å²) in [6, 6.07) is 12.9. The van der Waals surface area contributed by atoms with Gasteiger partial charge in [0.2, 0.25) is 15.9 Å². The zero-order valence-electron chi connectivity index (χ0n) is 14.8. The maximum Gasteiger partial charge on any atom is 0.251 e. The van der Waals surface area contributed by atoms with E-state index in [4.69, 9.17) is 0 Å². The van der Waals surface area contributed by atoms with Crippen molar-refractivity contribution < 1.29 is 18.0 Å². The van der Waals surface area contributed by atoms with Crippen LogP contribution >= 0.6 is 0 Å². The molecule has 0 unspecified atom stereocenters. The topological polar surface area (TPSA) is 95.6 Å². The van der Waals surface area contributed by atoms with E-state index in [1.807, 2.05) is 25.1 Å². The number of hydrogen-bond acceptors (Lipinski definition) is 4. The van der Waals surface area contributed by atoms with Crippen LogP contribution in [0.15, 0.2) is 53.4 Å². The van der Waals surface area contributed by atoms with Crippen LogP contribution in [-0.2, 0) is 14.8 Å². The van der Waals surface area contributed by atoms with Crippen LogP contribution in [0.3, 0.4) is 0 Å². The van der Waals surface area contributed by atoms with Crippen molar-refractivity contribution in [1.82, 2.24) is 9.62 Å². The van der Waals surface area contributed by atoms with Gasteiger partial charge < -0.3 is 10.6 Å². The summed E-state index contributed by atoms with van der Waals surface area (Å²) in [6.45, 7) is 1.72. The molecule has 7 nitrogen and oxygen atoms in total. The van der Waals surface area contributed by atoms with Gasteiger partial charge in [-0.15, -0.1) is 0 Å². The number of carbonyl (C=O) groups is 2. The third-order valence-electron chi connectivity index (χ3n) is 3.61. The van der Waals surface area contributed by atoms with Crippen LogP contribution in [0.4, 0.5) is 5.69 Å². The van der Waals surface area contributed by atoms with Gasteiger partial charge in [-0.25, -0.2) is 12.7 Å². The van der Waals surface area contributed by atoms with Crippen molar-refractivity contribution >= 4 is 27.5 Å². The number of sulfonamides is 1. The first-order chi connectivity index (χ1) is 12.2. The van der Waals surface area contributed by atoms with Crippen LogP contribution in [0.5, 0.6) is 0 Å². The highest BCUT2D eigenvalue weighted by molar-refractivity contribution is 7.89. The predicted octanol–water partition coefficient (Wildman–Crippen LogP) is 1.61. The molecule has 2 aromatic rings. The zero-order chi connectivity index (χ0) is 19.3. The fourth-order valence-electron chi connectivity index (χ4n) is 2.18. The van der Waals surface area contributed by atoms with Crippen molar-refractivity contribution in [3.05, 3.63) is 59.7 Å². The van der Waals surface area contributed by atoms with E-state index in [0.717, 1.165) is 9.87 Å². The Kier molecular flexibility index (Phi) is 6.12. The maximum atomic E-state index is 12.1. The van der Waals surface area contributed by atoms with Crippen molar-refractivity contribution in [2.45, 2.75) is 11.8 Å². The van der Waals surface area contributed by atoms with Crippen LogP contribution in [-0.4, -0.2) is 45.2 Å². The molecule has 8 heteroatoms. The molecule has 0 aliphatic heterocycles. The van der Waals surface area contributed by atoms with Gasteiger partial charge in [-0.2, -0.15) is 0 Å². The molecule has 2 amide bonds. The molecule has 0 aromatic heterocycles. The Labute approximate surface area is 153 Å². The van der Waals surface area contributed by atoms with Crippen LogP contribution < -0.4 is 10.6 Å². The number of nitrogens with zero attached hydrogens (tertiary/aromatic N) is 1. The summed E-state index contributed by atoms with van der Waals surface area (Å²) in [5.74, 6) is -0.811. The van der Waals surface area contributed by atoms with Crippen LogP contribution in [0.2, 0.25) is 0 Å². The normalized spacial score (nSPS) is 11.2. The predicted molar refractivity (Wildman–Crippen MR) is 99.5 cm³/mol. The van der Waals surface area contributed by atoms with E-state index in [1.165, 1.54) is 38.4 Å². The van der Waals surface area contributed by atoms with Gasteiger partial charge in [0.25, 0.3) is 5.91 Å². The first kappa shape index (κ1) is 19.6. The average molecular weight is 375 g/mol. The summed E-state index contributed by atoms with van der Waals surface area (Å²) < 4.78 is 25.1. The molecule has 0 atom stereocenters. The van der Waals surface area contributed by atoms with Gasteiger partial charge in [0.05, 0.1) is 11.4 Å². The SMILES string of the molecule is Cc1cccc(NC(=O)CNC(=O)c2ccc(S(=O)(=O)N(C)C)cc2)c1. The summed E-state index contributed by atoms with van der Waals surface area (Å²) in [6.07, 6.45) is 0. The van der Waals surface area contributed by atoms with E-state index in [1.54, 1.807) is 6.07 Å². The van der Waals surface area contributed by atoms with Crippen molar-refractivity contribution in [2.24, 2.45) is 0 Å². The minimum Gasteiger partial charge on any atom is -0.343 e. The van der Waals surface area contributed by atoms with Crippen molar-refractivity contribution in [3.8, 4) is 0 Å². The summed E-state index contributed by atoms with van der Waals surface area (Å²) in [4.78, 5) is 24.1. The van der Waals surface area contributed by atoms with E-state index in [2.05, 4.69) is 10.6 Å². The Morgan fingerprint density at radius 3 is 2.27 bits per heavy atom. The molecule has 0 aliphatic carbocycles. The van der Waals surface area contributed by atoms with Crippen molar-refractivity contribution in [1.29, 1.82) is 0 Å². The van der Waals surface area contributed by atoms with Crippen molar-refractivity contribution in [3.63, 3.8) is 0 Å². The van der Waals surface area contributed by atoms with E-state index in [9.17, 15) is 18.0 Å². The highest BCUT2D eigenvalue weighted by Gasteiger charge is 2.17. The number of anilines is 1. The van der Waals surface area contributed by atoms with Gasteiger partial charge in [0.1, 0.15) is 0 Å². The lowest BCUT2D eigenvalue weighted by Gasteiger charge is -2.11. The zero-order valence-corrected chi connectivity index (χ0v) is 15.6. The summed E-state index contributed by atoms with van der Waals surface area (Å²) in [5.41, 5.74) is 1.94. The lowest BCUT2D eigenvalue weighted by molar-refractivity contribution is -0.115. The number of benzene rings is 2. The monoisotopic (exact) mass is 375 g/mol. The molecule has 0 aliphatic rings. The molecular weight excluding hydrogens is 354 g/mol. The summed E-state index contributed by atoms with van der Waals surface area (Å²) in [5, 5.41) is 5.20. The molecule has 0 spiro atoms. The molecule has 0 saturated heterocycles. The van der Waals surface area contributed by atoms with Gasteiger partial charge in [-0.05, 0) is 48.9 Å². The Balaban J connectivity index is 1.94. The smallest absolute Gasteiger partial charge is 0.251 e. The van der Waals surface area contributed by atoms with Crippen LogP contribution in [0.1, 0.15) is 15.9 Å². The molecule has 2 rings (SSSR count). The van der Waals surface area contributed by atoms with E-state index < -0.39 is 15.9 Å². The Morgan fingerprint density at radius 2 is 1.69 bits per heavy atom. The molecule has 0 bridgehead atoms. The molecule has 26 heavy (non-hydrogen) atoms. The highest BCUT2D eigenvalue weighted by atomic mass is 32.2. The molecule has 0 saturated carbocycles. The molecule has 0 heterocycles. The lowest BCUT2D eigenvalue weighted by atomic mass is 10.2. The third kappa shape index (κ3) is 4.90. The van der Waals surface area contributed by atoms with E-state index in [-0.39, 0.29) is 22.9 Å². The number of hydrogen-bond donors (Lipinski definition) is 2. The fraction of sp³-hybridized carbons (Fsp3) is 0.222. The highest BCUT2D eigenvalue weighted by Crippen LogP contribution is 2.14. The van der Waals surface area contributed by atoms with Crippen LogP contribution in [0.25, 0.3) is 0 Å². The average Bonchev–Trinajstić information content (AvgIpc) is 2.59. The van der Waals surface area contributed by atoms with Gasteiger partial charge in [-0.3, -0.25) is 9.59 Å². The molecule has 0 radical (unpaired) electrons. The second-order valence-corrected chi connectivity index (χ2v) is 8.06. The molecule has 138 valence electrons. The van der Waals surface area contributed by atoms with Crippen molar-refractivity contribution in [2.75, 3.05) is 26.0 Å². The second-order valence-electron chi connectivity index (χ2n) is 5.91.